The summed E-state index contributed by atoms with van der Waals surface area (Å²) in [6.07, 6.45) is 18.3. The highest BCUT2D eigenvalue weighted by Gasteiger charge is 2.58. The first-order valence-corrected chi connectivity index (χ1v) is 30.9. The lowest BCUT2D eigenvalue weighted by Crippen LogP contribution is -2.50. The molecule has 1 aromatic rings. The van der Waals surface area contributed by atoms with Crippen molar-refractivity contribution in [3.8, 4) is 0 Å². The lowest BCUT2D eigenvalue weighted by Gasteiger charge is -2.39. The molecule has 3 saturated heterocycles. The molecule has 20 heteroatoms. The molecule has 7 N–H and O–H groups in total. The van der Waals surface area contributed by atoms with Gasteiger partial charge in [0.05, 0.1) is 37.0 Å². The summed E-state index contributed by atoms with van der Waals surface area (Å²) in [7, 11) is 0. The molecule has 1 aliphatic carbocycles. The number of nitrogens with zero attached hydrogens (tertiary/aromatic N) is 1. The van der Waals surface area contributed by atoms with E-state index in [1.807, 2.05) is 59.8 Å². The molecule has 4 aliphatic heterocycles. The number of amides is 7. The standard InChI is InChI=1S/C65H94N6O14/c1-40(2)14-27-57(75)69-52-32-43(6)54(84-44(52)7)25-15-42(5)16-26-55-62(79)65(39-83-65)37-51(85-55)36-50(72)33-45-17-19-46(20-18-45)34-60(78)82-38-47-21-23-49(24-22-47)68-63(80)48(12-11-30-67-64(66)81)35-53(73)61(41(3)4)70-56(74)13-9-8-10-31-71-58(76)28-29-59(71)77/h14-16,21-24,26-29,40-41,43-46,48,51-52,54-55,61-62,79H,8-13,17-20,25,30-39H2,1-7H3,(H,68,80)(H,69,75)(H,70,74)(H3,66,67,81)/b26-16+,27-14-,42-15+/t43-,44+,45?,46?,48+,51+,52+,54-,55+,61-,62+,65+/m0/s1. The number of epoxide rings is 1. The van der Waals surface area contributed by atoms with Crippen molar-refractivity contribution >= 4 is 58.8 Å². The van der Waals surface area contributed by atoms with E-state index in [0.29, 0.717) is 68.7 Å². The Kier molecular flexibility index (Phi) is 26.3. The van der Waals surface area contributed by atoms with Crippen LogP contribution < -0.4 is 27.0 Å². The number of hydrogen-bond acceptors (Lipinski definition) is 14. The average Bonchev–Trinajstić information content (AvgIpc) is 2.12. The van der Waals surface area contributed by atoms with Gasteiger partial charge < -0.3 is 51.1 Å². The highest BCUT2D eigenvalue weighted by atomic mass is 16.6. The van der Waals surface area contributed by atoms with Crippen molar-refractivity contribution in [3.05, 3.63) is 77.9 Å². The van der Waals surface area contributed by atoms with Crippen molar-refractivity contribution in [3.63, 3.8) is 0 Å². The predicted octanol–water partition coefficient (Wildman–Crippen LogP) is 7.55. The Morgan fingerprint density at radius 3 is 2.21 bits per heavy atom. The molecule has 0 aromatic heterocycles. The summed E-state index contributed by atoms with van der Waals surface area (Å²) in [4.78, 5) is 115. The number of esters is 1. The molecule has 5 aliphatic rings. The summed E-state index contributed by atoms with van der Waals surface area (Å²) in [6, 6.07) is 5.25. The number of benzene rings is 1. The van der Waals surface area contributed by atoms with Crippen molar-refractivity contribution in [2.45, 2.75) is 212 Å². The van der Waals surface area contributed by atoms with Crippen LogP contribution >= 0.6 is 0 Å². The maximum Gasteiger partial charge on any atom is 0.312 e. The van der Waals surface area contributed by atoms with E-state index in [9.17, 15) is 48.3 Å². The zero-order valence-corrected chi connectivity index (χ0v) is 51.0. The van der Waals surface area contributed by atoms with Gasteiger partial charge in [-0.15, -0.1) is 0 Å². The maximum atomic E-state index is 13.7. The Hall–Kier alpha value is -6.35. The average molecular weight is 1180 g/mol. The predicted molar refractivity (Wildman–Crippen MR) is 320 cm³/mol. The zero-order valence-electron chi connectivity index (χ0n) is 51.0. The third kappa shape index (κ3) is 22.1. The minimum absolute atomic E-state index is 0.00180. The molecule has 85 heavy (non-hydrogen) atoms. The van der Waals surface area contributed by atoms with Crippen LogP contribution in [0.1, 0.15) is 163 Å². The molecule has 0 bridgehead atoms. The Bertz CT molecular complexity index is 2580. The van der Waals surface area contributed by atoms with E-state index < -0.39 is 41.7 Å². The largest absolute Gasteiger partial charge is 0.461 e. The number of ketones is 2. The number of anilines is 1. The number of nitrogens with two attached hydrogens (primary N) is 1. The van der Waals surface area contributed by atoms with E-state index >= 15 is 0 Å². The number of allylic oxidation sites excluding steroid dienone is 3. The number of nitrogens with one attached hydrogen (secondary N) is 4. The number of ether oxygens (including phenoxy) is 4. The van der Waals surface area contributed by atoms with Crippen LogP contribution in [0.5, 0.6) is 0 Å². The third-order valence-corrected chi connectivity index (χ3v) is 17.1. The highest BCUT2D eigenvalue weighted by molar-refractivity contribution is 6.12. The second-order valence-corrected chi connectivity index (χ2v) is 25.0. The van der Waals surface area contributed by atoms with Gasteiger partial charge in [0.2, 0.25) is 17.7 Å². The number of carbonyl (C=O) groups is 9. The van der Waals surface area contributed by atoms with E-state index in [-0.39, 0.29) is 141 Å². The molecular formula is C65H94N6O14. The fraction of sp³-hybridized carbons (Fsp3) is 0.646. The molecule has 6 rings (SSSR count). The number of unbranched alkanes of at least 4 members (excludes halogenated alkanes) is 2. The molecule has 10 atom stereocenters. The van der Waals surface area contributed by atoms with Crippen LogP contribution in [0.15, 0.2) is 72.4 Å². The van der Waals surface area contributed by atoms with Gasteiger partial charge in [-0.05, 0) is 131 Å². The van der Waals surface area contributed by atoms with Gasteiger partial charge in [0.15, 0.2) is 5.78 Å². The summed E-state index contributed by atoms with van der Waals surface area (Å²) in [5, 5.41) is 22.6. The van der Waals surface area contributed by atoms with Gasteiger partial charge in [-0.2, -0.15) is 0 Å². The van der Waals surface area contributed by atoms with Gasteiger partial charge in [-0.25, -0.2) is 4.79 Å². The number of urea groups is 1. The quantitative estimate of drug-likeness (QED) is 0.0101. The summed E-state index contributed by atoms with van der Waals surface area (Å²) < 4.78 is 24.2. The zero-order chi connectivity index (χ0) is 61.8. The summed E-state index contributed by atoms with van der Waals surface area (Å²) in [6.45, 7) is 14.8. The number of Topliss-reactive ketones (excluding diaryl/α,β-unsaturated/α-hetero) is 2. The van der Waals surface area contributed by atoms with E-state index in [0.717, 1.165) is 42.6 Å². The first-order valence-electron chi connectivity index (χ1n) is 30.9. The third-order valence-electron chi connectivity index (χ3n) is 17.1. The van der Waals surface area contributed by atoms with Crippen LogP contribution in [0.4, 0.5) is 10.5 Å². The monoisotopic (exact) mass is 1180 g/mol. The molecule has 7 amide bonds. The Morgan fingerprint density at radius 2 is 1.56 bits per heavy atom. The lowest BCUT2D eigenvalue weighted by molar-refractivity contribution is -0.147. The van der Waals surface area contributed by atoms with Crippen molar-refractivity contribution < 1.29 is 67.2 Å². The topological polar surface area (TPSA) is 291 Å². The van der Waals surface area contributed by atoms with E-state index in [2.05, 4.69) is 34.3 Å². The second-order valence-electron chi connectivity index (χ2n) is 25.0. The molecule has 0 radical (unpaired) electrons. The first kappa shape index (κ1) is 67.8. The fourth-order valence-corrected chi connectivity index (χ4v) is 11.8. The van der Waals surface area contributed by atoms with Crippen molar-refractivity contribution in [1.29, 1.82) is 0 Å². The van der Waals surface area contributed by atoms with Gasteiger partial charge >= 0.3 is 12.0 Å². The minimum Gasteiger partial charge on any atom is -0.461 e. The molecular weight excluding hydrogens is 1090 g/mol. The fourth-order valence-electron chi connectivity index (χ4n) is 11.8. The van der Waals surface area contributed by atoms with Gasteiger partial charge in [-0.1, -0.05) is 83.0 Å². The molecule has 0 unspecified atom stereocenters. The van der Waals surface area contributed by atoms with Gasteiger partial charge in [0.25, 0.3) is 11.8 Å². The lowest BCUT2D eigenvalue weighted by atomic mass is 9.78. The number of aliphatic hydroxyl groups is 1. The highest BCUT2D eigenvalue weighted by Crippen LogP contribution is 2.44. The Balaban J connectivity index is 0.884. The molecule has 1 saturated carbocycles. The number of hydrogen-bond donors (Lipinski definition) is 6. The van der Waals surface area contributed by atoms with Crippen LogP contribution in [-0.2, 0) is 63.9 Å². The summed E-state index contributed by atoms with van der Waals surface area (Å²) >= 11 is 0. The van der Waals surface area contributed by atoms with E-state index in [1.165, 1.54) is 12.2 Å². The SMILES string of the molecule is CC(/C=C/[C@H]1O[C@H](CC(=O)CC2CCC(CC(=O)OCc3ccc(NC(=O)[C@H](CCCNC(N)=O)CC(=O)[C@@H](NC(=O)CCCCCN4C(=O)C=CC4=O)C(C)C)cc3)CC2)C[C@@]2(CO2)[C@@H]1O)=C\C[C@@H]1O[C@H](C)[C@H](NC(=O)/C=C\C(C)C)C[C@@H]1C. The molecule has 1 spiro atoms. The van der Waals surface area contributed by atoms with Crippen molar-refractivity contribution in [2.24, 2.45) is 41.2 Å². The molecule has 468 valence electrons. The van der Waals surface area contributed by atoms with Crippen LogP contribution in [0.3, 0.4) is 0 Å². The van der Waals surface area contributed by atoms with Gasteiger partial charge in [0, 0.05) is 75.4 Å². The Morgan fingerprint density at radius 1 is 0.882 bits per heavy atom. The smallest absolute Gasteiger partial charge is 0.312 e. The first-order chi connectivity index (χ1) is 40.5. The number of carbonyl (C=O) groups excluding carboxylic acids is 9. The molecule has 1 aromatic carbocycles. The number of rotatable bonds is 32. The second kappa shape index (κ2) is 33.0. The van der Waals surface area contributed by atoms with Crippen LogP contribution in [-0.4, -0.2) is 131 Å². The van der Waals surface area contributed by atoms with Gasteiger partial charge in [-0.3, -0.25) is 43.3 Å². The number of imide groups is 1. The molecule has 4 fully saturated rings. The van der Waals surface area contributed by atoms with Crippen LogP contribution in [0.2, 0.25) is 0 Å². The van der Waals surface area contributed by atoms with E-state index in [1.54, 1.807) is 30.3 Å². The summed E-state index contributed by atoms with van der Waals surface area (Å²) in [5.74, 6) is -2.22. The molecule has 4 heterocycles. The maximum absolute atomic E-state index is 13.7. The normalized spacial score (nSPS) is 26.7. The number of primary amides is 1. The van der Waals surface area contributed by atoms with Crippen LogP contribution in [0.25, 0.3) is 0 Å². The van der Waals surface area contributed by atoms with Crippen molar-refractivity contribution in [1.82, 2.24) is 20.9 Å². The summed E-state index contributed by atoms with van der Waals surface area (Å²) in [5.41, 5.74) is 6.71. The Labute approximate surface area is 501 Å². The minimum atomic E-state index is -0.851. The number of aliphatic hydroxyl groups excluding tert-OH is 1. The van der Waals surface area contributed by atoms with Gasteiger partial charge in [0.1, 0.15) is 30.2 Å². The van der Waals surface area contributed by atoms with Crippen LogP contribution in [0, 0.1) is 35.5 Å². The van der Waals surface area contributed by atoms with Crippen molar-refractivity contribution in [2.75, 3.05) is 25.0 Å². The van der Waals surface area contributed by atoms with E-state index in [4.69, 9.17) is 24.7 Å². The molecule has 20 nitrogen and oxygen atoms in total.